The third-order valence-electron chi connectivity index (χ3n) is 6.40. The van der Waals surface area contributed by atoms with Crippen molar-refractivity contribution in [2.75, 3.05) is 6.54 Å². The number of fused-ring (bicyclic) bond motifs is 1. The Morgan fingerprint density at radius 1 is 1.11 bits per heavy atom. The first-order valence-electron chi connectivity index (χ1n) is 12.0. The van der Waals surface area contributed by atoms with E-state index < -0.39 is 6.10 Å². The molecule has 6 heteroatoms. The second kappa shape index (κ2) is 10.7. The number of hydrogen-bond donors (Lipinski definition) is 1. The highest BCUT2D eigenvalue weighted by Gasteiger charge is 2.32. The van der Waals surface area contributed by atoms with Crippen LogP contribution in [0.3, 0.4) is 0 Å². The molecule has 35 heavy (non-hydrogen) atoms. The number of aryl methyl sites for hydroxylation is 1. The smallest absolute Gasteiger partial charge is 0.261 e. The van der Waals surface area contributed by atoms with Gasteiger partial charge in [-0.1, -0.05) is 55.0 Å². The molecule has 0 radical (unpaired) electrons. The molecule has 1 aliphatic rings. The molecule has 3 aromatic carbocycles. The summed E-state index contributed by atoms with van der Waals surface area (Å²) in [6.45, 7) is 6.49. The maximum absolute atomic E-state index is 13.4. The first kappa shape index (κ1) is 24.5. The van der Waals surface area contributed by atoms with E-state index in [1.807, 2.05) is 36.9 Å². The molecular weight excluding hydrogens is 443 g/mol. The van der Waals surface area contributed by atoms with Gasteiger partial charge >= 0.3 is 0 Å². The predicted octanol–water partition coefficient (Wildman–Crippen LogP) is 5.10. The van der Waals surface area contributed by atoms with Crippen LogP contribution in [0, 0.1) is 12.7 Å². The fourth-order valence-electron chi connectivity index (χ4n) is 4.48. The van der Waals surface area contributed by atoms with Crippen LogP contribution in [0.5, 0.6) is 5.75 Å². The van der Waals surface area contributed by atoms with Crippen LogP contribution in [0.2, 0.25) is 0 Å². The zero-order valence-corrected chi connectivity index (χ0v) is 20.4. The van der Waals surface area contributed by atoms with Crippen molar-refractivity contribution >= 4 is 11.8 Å². The molecule has 182 valence electrons. The van der Waals surface area contributed by atoms with Gasteiger partial charge < -0.3 is 15.0 Å². The summed E-state index contributed by atoms with van der Waals surface area (Å²) in [5.74, 6) is 0.0522. The highest BCUT2D eigenvalue weighted by atomic mass is 19.1. The minimum Gasteiger partial charge on any atom is -0.481 e. The van der Waals surface area contributed by atoms with Crippen LogP contribution in [-0.2, 0) is 22.6 Å². The largest absolute Gasteiger partial charge is 0.481 e. The van der Waals surface area contributed by atoms with Crippen molar-refractivity contribution in [1.29, 1.82) is 0 Å². The summed E-state index contributed by atoms with van der Waals surface area (Å²) < 4.78 is 19.4. The summed E-state index contributed by atoms with van der Waals surface area (Å²) in [6.07, 6.45) is 0.473. The fraction of sp³-hybridized carbons (Fsp3) is 0.310. The van der Waals surface area contributed by atoms with Gasteiger partial charge in [-0.15, -0.1) is 0 Å². The lowest BCUT2D eigenvalue weighted by molar-refractivity contribution is -0.133. The quantitative estimate of drug-likeness (QED) is 0.518. The van der Waals surface area contributed by atoms with Gasteiger partial charge in [0.15, 0.2) is 6.10 Å². The number of amides is 2. The van der Waals surface area contributed by atoms with E-state index in [2.05, 4.69) is 29.6 Å². The van der Waals surface area contributed by atoms with E-state index in [1.54, 1.807) is 19.1 Å². The van der Waals surface area contributed by atoms with Gasteiger partial charge in [-0.25, -0.2) is 4.39 Å². The van der Waals surface area contributed by atoms with Crippen molar-refractivity contribution in [3.8, 4) is 5.75 Å². The van der Waals surface area contributed by atoms with Crippen molar-refractivity contribution < 1.29 is 18.7 Å². The van der Waals surface area contributed by atoms with Gasteiger partial charge in [0, 0.05) is 19.5 Å². The number of halogens is 1. The molecule has 0 aromatic heterocycles. The number of benzene rings is 3. The Balaban J connectivity index is 1.54. The highest BCUT2D eigenvalue weighted by molar-refractivity contribution is 5.80. The molecular formula is C29H31FN2O3. The van der Waals surface area contributed by atoms with Crippen LogP contribution in [0.1, 0.15) is 54.1 Å². The van der Waals surface area contributed by atoms with Crippen LogP contribution in [0.25, 0.3) is 0 Å². The summed E-state index contributed by atoms with van der Waals surface area (Å²) in [4.78, 5) is 27.4. The molecule has 1 heterocycles. The van der Waals surface area contributed by atoms with Crippen LogP contribution in [0.4, 0.5) is 4.39 Å². The van der Waals surface area contributed by atoms with Crippen LogP contribution >= 0.6 is 0 Å². The van der Waals surface area contributed by atoms with Gasteiger partial charge in [-0.3, -0.25) is 9.59 Å². The van der Waals surface area contributed by atoms with E-state index in [0.29, 0.717) is 24.3 Å². The molecule has 3 aromatic rings. The average Bonchev–Trinajstić information content (AvgIpc) is 2.86. The van der Waals surface area contributed by atoms with Gasteiger partial charge in [0.1, 0.15) is 11.6 Å². The summed E-state index contributed by atoms with van der Waals surface area (Å²) in [5, 5.41) is 2.79. The number of hydrogen-bond acceptors (Lipinski definition) is 3. The molecule has 1 N–H and O–H groups in total. The molecule has 0 saturated carbocycles. The van der Waals surface area contributed by atoms with Crippen molar-refractivity contribution in [3.05, 3.63) is 100 Å². The minimum atomic E-state index is -0.739. The van der Waals surface area contributed by atoms with E-state index in [1.165, 1.54) is 17.7 Å². The Kier molecular flexibility index (Phi) is 7.49. The van der Waals surface area contributed by atoms with Crippen molar-refractivity contribution in [1.82, 2.24) is 10.2 Å². The monoisotopic (exact) mass is 474 g/mol. The van der Waals surface area contributed by atoms with E-state index in [9.17, 15) is 14.0 Å². The van der Waals surface area contributed by atoms with Crippen LogP contribution in [-0.4, -0.2) is 29.4 Å². The van der Waals surface area contributed by atoms with Crippen LogP contribution < -0.4 is 10.1 Å². The molecule has 2 amide bonds. The Bertz CT molecular complexity index is 1210. The SMILES string of the molecule is CCC(=O)N1CCc2ccc(O[C@@H](C)C(=O)NCc3cccc(F)c3)cc2[C@H]1c1ccc(C)cc1. The second-order valence-electron chi connectivity index (χ2n) is 8.97. The maximum Gasteiger partial charge on any atom is 0.261 e. The van der Waals surface area contributed by atoms with Crippen molar-refractivity contribution in [3.63, 3.8) is 0 Å². The lowest BCUT2D eigenvalue weighted by atomic mass is 9.87. The van der Waals surface area contributed by atoms with Crippen molar-refractivity contribution in [2.45, 2.75) is 52.3 Å². The lowest BCUT2D eigenvalue weighted by Gasteiger charge is -2.38. The highest BCUT2D eigenvalue weighted by Crippen LogP contribution is 2.37. The second-order valence-corrected chi connectivity index (χ2v) is 8.97. The van der Waals surface area contributed by atoms with E-state index >= 15 is 0 Å². The Morgan fingerprint density at radius 3 is 2.60 bits per heavy atom. The van der Waals surface area contributed by atoms with Crippen LogP contribution in [0.15, 0.2) is 66.7 Å². The van der Waals surface area contributed by atoms with E-state index in [0.717, 1.165) is 23.1 Å². The molecule has 0 bridgehead atoms. The average molecular weight is 475 g/mol. The van der Waals surface area contributed by atoms with Gasteiger partial charge in [-0.05, 0) is 66.8 Å². The summed E-state index contributed by atoms with van der Waals surface area (Å²) in [7, 11) is 0. The van der Waals surface area contributed by atoms with E-state index in [4.69, 9.17) is 4.74 Å². The molecule has 2 atom stereocenters. The lowest BCUT2D eigenvalue weighted by Crippen LogP contribution is -2.40. The Labute approximate surface area is 205 Å². The first-order chi connectivity index (χ1) is 16.9. The molecule has 4 rings (SSSR count). The van der Waals surface area contributed by atoms with E-state index in [-0.39, 0.29) is 30.2 Å². The number of rotatable bonds is 7. The molecule has 0 unspecified atom stereocenters. The van der Waals surface area contributed by atoms with Gasteiger partial charge in [-0.2, -0.15) is 0 Å². The zero-order valence-electron chi connectivity index (χ0n) is 20.4. The number of carbonyl (C=O) groups is 2. The summed E-state index contributed by atoms with van der Waals surface area (Å²) >= 11 is 0. The zero-order chi connectivity index (χ0) is 24.9. The summed E-state index contributed by atoms with van der Waals surface area (Å²) in [5.41, 5.74) is 5.09. The third-order valence-corrected chi connectivity index (χ3v) is 6.40. The first-order valence-corrected chi connectivity index (χ1v) is 12.0. The minimum absolute atomic E-state index is 0.109. The topological polar surface area (TPSA) is 58.6 Å². The molecule has 0 fully saturated rings. The molecule has 0 saturated heterocycles. The van der Waals surface area contributed by atoms with Gasteiger partial charge in [0.2, 0.25) is 5.91 Å². The maximum atomic E-state index is 13.4. The Morgan fingerprint density at radius 2 is 1.89 bits per heavy atom. The van der Waals surface area contributed by atoms with Gasteiger partial charge in [0.05, 0.1) is 6.04 Å². The number of nitrogens with one attached hydrogen (secondary N) is 1. The number of ether oxygens (including phenoxy) is 1. The molecule has 0 aliphatic carbocycles. The normalized spacial score (nSPS) is 15.8. The summed E-state index contributed by atoms with van der Waals surface area (Å²) in [6, 6.07) is 20.0. The third kappa shape index (κ3) is 5.70. The number of carbonyl (C=O) groups excluding carboxylic acids is 2. The van der Waals surface area contributed by atoms with Crippen molar-refractivity contribution in [2.24, 2.45) is 0 Å². The standard InChI is InChI=1S/C29H31FN2O3/c1-4-27(33)32-15-14-22-12-13-25(17-26(22)28(32)23-10-8-19(2)9-11-23)35-20(3)29(34)31-18-21-6-5-7-24(30)16-21/h5-13,16-17,20,28H,4,14-15,18H2,1-3H3,(H,31,34)/t20-,28+/m0/s1. The molecule has 0 spiro atoms. The fourth-order valence-corrected chi connectivity index (χ4v) is 4.48. The molecule has 1 aliphatic heterocycles. The Hall–Kier alpha value is -3.67. The molecule has 5 nitrogen and oxygen atoms in total. The predicted molar refractivity (Wildman–Crippen MR) is 134 cm³/mol. The number of nitrogens with zero attached hydrogens (tertiary/aromatic N) is 1. The van der Waals surface area contributed by atoms with Gasteiger partial charge in [0.25, 0.3) is 5.91 Å².